The number of hydrogen-bond donors (Lipinski definition) is 1. The highest BCUT2D eigenvalue weighted by Gasteiger charge is 2.45. The first-order valence-corrected chi connectivity index (χ1v) is 9.43. The number of nitrogens with zero attached hydrogens (tertiary/aromatic N) is 5. The fraction of sp³-hybridized carbons (Fsp3) is 0.333. The van der Waals surface area contributed by atoms with Gasteiger partial charge in [-0.3, -0.25) is 9.89 Å². The van der Waals surface area contributed by atoms with Crippen molar-refractivity contribution >= 4 is 17.5 Å². The number of carbonyl (C=O) groups excluding carboxylic acids is 1. The first-order chi connectivity index (χ1) is 14.4. The summed E-state index contributed by atoms with van der Waals surface area (Å²) >= 11 is 5.99. The number of fused-ring (bicyclic) bond motifs is 4. The molecule has 0 saturated carbocycles. The predicted molar refractivity (Wildman–Crippen MR) is 97.6 cm³/mol. The zero-order valence-electron chi connectivity index (χ0n) is 15.2. The van der Waals surface area contributed by atoms with Gasteiger partial charge in [0, 0.05) is 12.7 Å². The summed E-state index contributed by atoms with van der Waals surface area (Å²) in [4.78, 5) is 14.8. The Morgan fingerprint density at radius 1 is 1.23 bits per heavy atom. The summed E-state index contributed by atoms with van der Waals surface area (Å²) < 4.78 is 47.2. The van der Waals surface area contributed by atoms with Crippen molar-refractivity contribution in [2.75, 3.05) is 13.2 Å². The summed E-state index contributed by atoms with van der Waals surface area (Å²) in [5, 5.41) is 14.6. The van der Waals surface area contributed by atoms with E-state index in [2.05, 4.69) is 20.4 Å². The van der Waals surface area contributed by atoms with Crippen LogP contribution in [0.5, 0.6) is 0 Å². The van der Waals surface area contributed by atoms with E-state index in [1.807, 2.05) is 4.57 Å². The third-order valence-electron chi connectivity index (χ3n) is 5.28. The zero-order valence-corrected chi connectivity index (χ0v) is 16.0. The Labute approximate surface area is 172 Å². The molecule has 0 aliphatic carbocycles. The number of halogens is 4. The van der Waals surface area contributed by atoms with Crippen molar-refractivity contribution in [1.29, 1.82) is 0 Å². The molecule has 5 rings (SSSR count). The van der Waals surface area contributed by atoms with Gasteiger partial charge in [0.05, 0.1) is 35.4 Å². The van der Waals surface area contributed by atoms with E-state index < -0.39 is 34.8 Å². The largest absolute Gasteiger partial charge is 0.417 e. The Kier molecular flexibility index (Phi) is 4.33. The van der Waals surface area contributed by atoms with Gasteiger partial charge in [0.15, 0.2) is 11.6 Å². The van der Waals surface area contributed by atoms with E-state index in [9.17, 15) is 18.0 Å². The lowest BCUT2D eigenvalue weighted by atomic mass is 10.0. The minimum absolute atomic E-state index is 0.150. The Bertz CT molecular complexity index is 1110. The van der Waals surface area contributed by atoms with Gasteiger partial charge in [-0.1, -0.05) is 17.7 Å². The summed E-state index contributed by atoms with van der Waals surface area (Å²) in [7, 11) is 0. The lowest BCUT2D eigenvalue weighted by molar-refractivity contribution is -0.137. The number of carbonyl (C=O) groups is 1. The zero-order chi connectivity index (χ0) is 21.0. The predicted octanol–water partition coefficient (Wildman–Crippen LogP) is 2.94. The van der Waals surface area contributed by atoms with E-state index >= 15 is 0 Å². The van der Waals surface area contributed by atoms with Gasteiger partial charge >= 0.3 is 6.18 Å². The lowest BCUT2D eigenvalue weighted by Gasteiger charge is -2.45. The minimum atomic E-state index is -4.66. The Balaban J connectivity index is 1.55. The summed E-state index contributed by atoms with van der Waals surface area (Å²) in [5.41, 5.74) is -0.644. The van der Waals surface area contributed by atoms with Gasteiger partial charge in [-0.15, -0.1) is 10.2 Å². The van der Waals surface area contributed by atoms with E-state index in [0.717, 1.165) is 6.07 Å². The molecule has 8 nitrogen and oxygen atoms in total. The molecule has 4 heterocycles. The number of ether oxygens (including phenoxy) is 1. The standard InChI is InChI=1S/C18H14ClF3N6O2/c19-14-10(2-1-3-11(14)18(20,21)22)17(29)28-9-6-27-15(12-4-5-23-24-12)25-26-16(27)13(28)8-30-7-9/h1-5,9,13H,6-8H2,(H,23,24)/t9-,13-/m1/s1. The highest BCUT2D eigenvalue weighted by Crippen LogP contribution is 2.39. The second kappa shape index (κ2) is 6.81. The van der Waals surface area contributed by atoms with E-state index in [1.54, 1.807) is 12.3 Å². The molecule has 3 aromatic rings. The van der Waals surface area contributed by atoms with Crippen LogP contribution in [0, 0.1) is 0 Å². The molecule has 1 aromatic carbocycles. The summed E-state index contributed by atoms with van der Waals surface area (Å²) in [6.07, 6.45) is -3.00. The quantitative estimate of drug-likeness (QED) is 0.664. The molecule has 1 amide bonds. The number of amides is 1. The van der Waals surface area contributed by atoms with Crippen LogP contribution in [-0.2, 0) is 17.5 Å². The molecule has 0 unspecified atom stereocenters. The van der Waals surface area contributed by atoms with Gasteiger partial charge in [0.25, 0.3) is 5.91 Å². The van der Waals surface area contributed by atoms with Crippen LogP contribution in [0.4, 0.5) is 13.2 Å². The molecule has 0 spiro atoms. The number of H-pyrrole nitrogens is 1. The minimum Gasteiger partial charge on any atom is -0.377 e. The first kappa shape index (κ1) is 19.1. The summed E-state index contributed by atoms with van der Waals surface area (Å²) in [6.45, 7) is 0.706. The smallest absolute Gasteiger partial charge is 0.377 e. The summed E-state index contributed by atoms with van der Waals surface area (Å²) in [5.74, 6) is 0.438. The molecule has 2 atom stereocenters. The van der Waals surface area contributed by atoms with E-state index in [0.29, 0.717) is 23.9 Å². The van der Waals surface area contributed by atoms with Crippen LogP contribution in [-0.4, -0.2) is 55.0 Å². The van der Waals surface area contributed by atoms with Crippen molar-refractivity contribution in [2.45, 2.75) is 24.8 Å². The molecule has 30 heavy (non-hydrogen) atoms. The van der Waals surface area contributed by atoms with Crippen molar-refractivity contribution in [3.8, 4) is 11.5 Å². The topological polar surface area (TPSA) is 88.9 Å². The van der Waals surface area contributed by atoms with Crippen LogP contribution in [0.15, 0.2) is 30.5 Å². The van der Waals surface area contributed by atoms with Crippen molar-refractivity contribution in [2.24, 2.45) is 0 Å². The summed E-state index contributed by atoms with van der Waals surface area (Å²) in [6, 6.07) is 4.07. The Hall–Kier alpha value is -2.92. The number of aromatic amines is 1. The van der Waals surface area contributed by atoms with Crippen LogP contribution in [0.3, 0.4) is 0 Å². The molecule has 0 radical (unpaired) electrons. The molecule has 1 fully saturated rings. The number of aromatic nitrogens is 5. The van der Waals surface area contributed by atoms with Crippen LogP contribution in [0.2, 0.25) is 5.02 Å². The van der Waals surface area contributed by atoms with Gasteiger partial charge in [-0.25, -0.2) is 0 Å². The number of morpholine rings is 1. The highest BCUT2D eigenvalue weighted by atomic mass is 35.5. The average molecular weight is 439 g/mol. The monoisotopic (exact) mass is 438 g/mol. The molecular weight excluding hydrogens is 425 g/mol. The SMILES string of the molecule is O=C(c1cccc(C(F)(F)F)c1Cl)N1[C@H]2COC[C@@H]1c1nnc(-c3cc[nH]n3)n1C2. The van der Waals surface area contributed by atoms with Crippen molar-refractivity contribution in [3.05, 3.63) is 52.4 Å². The second-order valence-corrected chi connectivity index (χ2v) is 7.41. The lowest BCUT2D eigenvalue weighted by Crippen LogP contribution is -2.56. The van der Waals surface area contributed by atoms with Gasteiger partial charge < -0.3 is 14.2 Å². The maximum absolute atomic E-state index is 13.3. The highest BCUT2D eigenvalue weighted by molar-refractivity contribution is 6.34. The third-order valence-corrected chi connectivity index (χ3v) is 5.69. The first-order valence-electron chi connectivity index (χ1n) is 9.05. The van der Waals surface area contributed by atoms with Gasteiger partial charge in [0.2, 0.25) is 0 Å². The normalized spacial score (nSPS) is 20.9. The average Bonchev–Trinajstić information content (AvgIpc) is 3.35. The van der Waals surface area contributed by atoms with Crippen LogP contribution < -0.4 is 0 Å². The Morgan fingerprint density at radius 3 is 2.80 bits per heavy atom. The number of rotatable bonds is 2. The van der Waals surface area contributed by atoms with Gasteiger partial charge in [-0.05, 0) is 18.2 Å². The van der Waals surface area contributed by atoms with Crippen LogP contribution in [0.1, 0.15) is 27.8 Å². The van der Waals surface area contributed by atoms with E-state index in [1.165, 1.54) is 17.0 Å². The molecule has 12 heteroatoms. The molecule has 2 aliphatic rings. The van der Waals surface area contributed by atoms with Crippen LogP contribution >= 0.6 is 11.6 Å². The maximum atomic E-state index is 13.3. The van der Waals surface area contributed by atoms with Gasteiger partial charge in [0.1, 0.15) is 11.7 Å². The van der Waals surface area contributed by atoms with Crippen LogP contribution in [0.25, 0.3) is 11.5 Å². The third kappa shape index (κ3) is 2.88. The number of benzene rings is 1. The molecular formula is C18H14ClF3N6O2. The number of alkyl halides is 3. The fourth-order valence-electron chi connectivity index (χ4n) is 3.96. The second-order valence-electron chi connectivity index (χ2n) is 7.04. The van der Waals surface area contributed by atoms with Crippen molar-refractivity contribution in [1.82, 2.24) is 29.9 Å². The molecule has 2 aliphatic heterocycles. The van der Waals surface area contributed by atoms with Crippen molar-refractivity contribution in [3.63, 3.8) is 0 Å². The van der Waals surface area contributed by atoms with E-state index in [4.69, 9.17) is 16.3 Å². The number of nitrogens with one attached hydrogen (secondary N) is 1. The molecule has 1 N–H and O–H groups in total. The van der Waals surface area contributed by atoms with E-state index in [-0.39, 0.29) is 18.8 Å². The maximum Gasteiger partial charge on any atom is 0.417 e. The van der Waals surface area contributed by atoms with Gasteiger partial charge in [-0.2, -0.15) is 18.3 Å². The van der Waals surface area contributed by atoms with Crippen molar-refractivity contribution < 1.29 is 22.7 Å². The molecule has 2 bridgehead atoms. The molecule has 1 saturated heterocycles. The fourth-order valence-corrected chi connectivity index (χ4v) is 4.27. The number of hydrogen-bond acceptors (Lipinski definition) is 5. The molecule has 156 valence electrons. The Morgan fingerprint density at radius 2 is 2.07 bits per heavy atom. The molecule has 2 aromatic heterocycles.